The van der Waals surface area contributed by atoms with Gasteiger partial charge in [0.15, 0.2) is 5.78 Å². The molecule has 0 aromatic heterocycles. The van der Waals surface area contributed by atoms with Crippen LogP contribution in [0.5, 0.6) is 0 Å². The number of fused-ring (bicyclic) bond motifs is 2. The normalized spacial score (nSPS) is 12.9. The Morgan fingerprint density at radius 3 is 2.28 bits per heavy atom. The van der Waals surface area contributed by atoms with Crippen LogP contribution in [0.15, 0.2) is 42.5 Å². The summed E-state index contributed by atoms with van der Waals surface area (Å²) in [4.78, 5) is 12.9. The SMILES string of the molecule is O=S=C1c2ccccc2C(=O)c2cccc(Cl)c21. The van der Waals surface area contributed by atoms with E-state index in [1.807, 2.05) is 6.07 Å². The third-order valence-corrected chi connectivity index (χ3v) is 3.89. The fourth-order valence-electron chi connectivity index (χ4n) is 2.19. The van der Waals surface area contributed by atoms with Gasteiger partial charge < -0.3 is 0 Å². The molecule has 0 bridgehead atoms. The Hall–Kier alpha value is -1.71. The van der Waals surface area contributed by atoms with Gasteiger partial charge in [-0.25, -0.2) is 4.21 Å². The minimum atomic E-state index is -0.0825. The molecule has 0 fully saturated rings. The predicted octanol–water partition coefficient (Wildman–Crippen LogP) is 2.67. The van der Waals surface area contributed by atoms with Crippen molar-refractivity contribution in [2.45, 2.75) is 0 Å². The summed E-state index contributed by atoms with van der Waals surface area (Å²) in [6.45, 7) is 0. The number of benzene rings is 2. The van der Waals surface area contributed by atoms with Gasteiger partial charge in [0.1, 0.15) is 0 Å². The lowest BCUT2D eigenvalue weighted by atomic mass is 9.85. The zero-order valence-corrected chi connectivity index (χ0v) is 10.7. The topological polar surface area (TPSA) is 34.1 Å². The second kappa shape index (κ2) is 4.19. The van der Waals surface area contributed by atoms with Crippen molar-refractivity contribution in [3.05, 3.63) is 69.7 Å². The molecule has 0 N–H and O–H groups in total. The minimum Gasteiger partial charge on any atom is -0.289 e. The van der Waals surface area contributed by atoms with E-state index in [4.69, 9.17) is 11.6 Å². The van der Waals surface area contributed by atoms with Crippen molar-refractivity contribution in [1.82, 2.24) is 0 Å². The molecule has 0 aliphatic heterocycles. The lowest BCUT2D eigenvalue weighted by molar-refractivity contribution is 0.103. The van der Waals surface area contributed by atoms with E-state index in [0.29, 0.717) is 43.4 Å². The molecule has 2 nitrogen and oxygen atoms in total. The highest BCUT2D eigenvalue weighted by Crippen LogP contribution is 2.31. The standard InChI is InChI=1S/C14H7ClO2S/c15-11-7-3-6-10-12(11)14(18-17)9-5-2-1-4-8(9)13(10)16/h1-7H. The first-order valence-electron chi connectivity index (χ1n) is 5.34. The molecular weight excluding hydrogens is 268 g/mol. The monoisotopic (exact) mass is 274 g/mol. The fourth-order valence-corrected chi connectivity index (χ4v) is 3.09. The number of rotatable bonds is 0. The molecule has 0 atom stereocenters. The minimum absolute atomic E-state index is 0.0825. The zero-order valence-electron chi connectivity index (χ0n) is 9.14. The molecule has 0 radical (unpaired) electrons. The molecule has 0 heterocycles. The maximum atomic E-state index is 12.3. The van der Waals surface area contributed by atoms with Crippen molar-refractivity contribution >= 4 is 33.5 Å². The van der Waals surface area contributed by atoms with E-state index in [1.165, 1.54) is 0 Å². The highest BCUT2D eigenvalue weighted by molar-refractivity contribution is 7.67. The molecule has 0 saturated heterocycles. The molecule has 0 amide bonds. The molecule has 88 valence electrons. The summed E-state index contributed by atoms with van der Waals surface area (Å²) in [6.07, 6.45) is 0. The quantitative estimate of drug-likeness (QED) is 0.591. The average Bonchev–Trinajstić information content (AvgIpc) is 2.41. The van der Waals surface area contributed by atoms with Crippen molar-refractivity contribution in [2.24, 2.45) is 0 Å². The van der Waals surface area contributed by atoms with Crippen molar-refractivity contribution in [1.29, 1.82) is 0 Å². The Labute approximate surface area is 112 Å². The molecule has 3 rings (SSSR count). The van der Waals surface area contributed by atoms with Gasteiger partial charge in [0.2, 0.25) is 0 Å². The van der Waals surface area contributed by atoms with E-state index in [2.05, 4.69) is 0 Å². The van der Waals surface area contributed by atoms with Gasteiger partial charge in [0.05, 0.1) is 21.1 Å². The van der Waals surface area contributed by atoms with E-state index in [-0.39, 0.29) is 5.78 Å². The Morgan fingerprint density at radius 1 is 0.889 bits per heavy atom. The largest absolute Gasteiger partial charge is 0.289 e. The van der Waals surface area contributed by atoms with Crippen LogP contribution in [-0.4, -0.2) is 14.9 Å². The third kappa shape index (κ3) is 1.48. The summed E-state index contributed by atoms with van der Waals surface area (Å²) < 4.78 is 11.4. The molecule has 18 heavy (non-hydrogen) atoms. The second-order valence-electron chi connectivity index (χ2n) is 3.95. The van der Waals surface area contributed by atoms with Crippen LogP contribution in [0.1, 0.15) is 27.0 Å². The molecule has 0 unspecified atom stereocenters. The van der Waals surface area contributed by atoms with Gasteiger partial charge in [0.25, 0.3) is 0 Å². The molecule has 2 aromatic carbocycles. The smallest absolute Gasteiger partial charge is 0.194 e. The van der Waals surface area contributed by atoms with Gasteiger partial charge in [-0.05, 0) is 6.07 Å². The van der Waals surface area contributed by atoms with Gasteiger partial charge in [-0.3, -0.25) is 4.79 Å². The van der Waals surface area contributed by atoms with Crippen molar-refractivity contribution < 1.29 is 9.00 Å². The van der Waals surface area contributed by atoms with E-state index < -0.39 is 0 Å². The summed E-state index contributed by atoms with van der Waals surface area (Å²) in [5.41, 5.74) is 2.29. The summed E-state index contributed by atoms with van der Waals surface area (Å²) in [7, 11) is 0. The van der Waals surface area contributed by atoms with Crippen LogP contribution >= 0.6 is 11.6 Å². The average molecular weight is 275 g/mol. The lowest BCUT2D eigenvalue weighted by Crippen LogP contribution is -2.21. The van der Waals surface area contributed by atoms with Gasteiger partial charge >= 0.3 is 0 Å². The number of ketones is 1. The molecule has 0 saturated carbocycles. The first-order chi connectivity index (χ1) is 8.74. The zero-order chi connectivity index (χ0) is 12.7. The Balaban J connectivity index is 2.45. The first-order valence-corrected chi connectivity index (χ1v) is 6.45. The lowest BCUT2D eigenvalue weighted by Gasteiger charge is -2.19. The maximum Gasteiger partial charge on any atom is 0.194 e. The van der Waals surface area contributed by atoms with Crippen molar-refractivity contribution in [3.8, 4) is 0 Å². The van der Waals surface area contributed by atoms with Crippen LogP contribution in [0.25, 0.3) is 0 Å². The maximum absolute atomic E-state index is 12.3. The summed E-state index contributed by atoms with van der Waals surface area (Å²) in [6, 6.07) is 12.2. The summed E-state index contributed by atoms with van der Waals surface area (Å²) in [5.74, 6) is -0.0825. The predicted molar refractivity (Wildman–Crippen MR) is 72.7 cm³/mol. The van der Waals surface area contributed by atoms with Gasteiger partial charge in [0, 0.05) is 22.3 Å². The summed E-state index contributed by atoms with van der Waals surface area (Å²) >= 11 is 6.50. The van der Waals surface area contributed by atoms with Crippen LogP contribution in [0.2, 0.25) is 5.02 Å². The Bertz CT molecular complexity index is 730. The van der Waals surface area contributed by atoms with Crippen LogP contribution < -0.4 is 0 Å². The number of halogens is 1. The van der Waals surface area contributed by atoms with Crippen LogP contribution in [0.3, 0.4) is 0 Å². The molecular formula is C14H7ClO2S. The molecule has 1 aliphatic carbocycles. The van der Waals surface area contributed by atoms with Crippen molar-refractivity contribution in [2.75, 3.05) is 0 Å². The number of hydrogen-bond acceptors (Lipinski definition) is 2. The highest BCUT2D eigenvalue weighted by Gasteiger charge is 2.29. The molecule has 2 aromatic rings. The van der Waals surface area contributed by atoms with E-state index in [9.17, 15) is 9.00 Å². The highest BCUT2D eigenvalue weighted by atomic mass is 35.5. The fraction of sp³-hybridized carbons (Fsp3) is 0. The van der Waals surface area contributed by atoms with Gasteiger partial charge in [-0.15, -0.1) is 0 Å². The van der Waals surface area contributed by atoms with E-state index in [1.54, 1.807) is 36.4 Å². The Morgan fingerprint density at radius 2 is 1.56 bits per heavy atom. The van der Waals surface area contributed by atoms with E-state index >= 15 is 0 Å². The third-order valence-electron chi connectivity index (χ3n) is 2.98. The first kappa shape index (κ1) is 11.4. The van der Waals surface area contributed by atoms with E-state index in [0.717, 1.165) is 0 Å². The molecule has 4 heteroatoms. The van der Waals surface area contributed by atoms with Gasteiger partial charge in [-0.1, -0.05) is 48.0 Å². The van der Waals surface area contributed by atoms with Crippen LogP contribution in [-0.2, 0) is 11.3 Å². The van der Waals surface area contributed by atoms with Crippen LogP contribution in [0, 0.1) is 0 Å². The number of carbonyl (C=O) groups is 1. The molecule has 0 spiro atoms. The van der Waals surface area contributed by atoms with Crippen molar-refractivity contribution in [3.63, 3.8) is 0 Å². The number of hydrogen-bond donors (Lipinski definition) is 0. The second-order valence-corrected chi connectivity index (χ2v) is 4.93. The number of carbonyl (C=O) groups excluding carboxylic acids is 1. The van der Waals surface area contributed by atoms with Crippen LogP contribution in [0.4, 0.5) is 0 Å². The summed E-state index contributed by atoms with van der Waals surface area (Å²) in [5, 5.41) is 0.439. The van der Waals surface area contributed by atoms with Gasteiger partial charge in [-0.2, -0.15) is 0 Å². The molecule has 1 aliphatic rings. The Kier molecular flexibility index (Phi) is 2.65.